The molecule has 2 nitrogen and oxygen atoms in total. The monoisotopic (exact) mass is 193 g/mol. The van der Waals surface area contributed by atoms with Gasteiger partial charge in [-0.15, -0.1) is 0 Å². The van der Waals surface area contributed by atoms with Crippen molar-refractivity contribution in [3.05, 3.63) is 0 Å². The van der Waals surface area contributed by atoms with Gasteiger partial charge in [0.15, 0.2) is 0 Å². The summed E-state index contributed by atoms with van der Waals surface area (Å²) in [6.45, 7) is 1.37. The number of halogens is 1. The fourth-order valence-corrected chi connectivity index (χ4v) is 1.86. The largest absolute Gasteiger partial charge is 0.396 e. The van der Waals surface area contributed by atoms with Gasteiger partial charge in [0.2, 0.25) is 0 Å². The van der Waals surface area contributed by atoms with Gasteiger partial charge in [-0.3, -0.25) is 0 Å². The first-order valence-corrected chi connectivity index (χ1v) is 4.23. The van der Waals surface area contributed by atoms with Crippen molar-refractivity contribution in [2.45, 2.75) is 17.8 Å². The summed E-state index contributed by atoms with van der Waals surface area (Å²) >= 11 is 3.45. The molecule has 0 aliphatic carbocycles. The molecular weight excluding hydrogens is 182 g/mol. The van der Waals surface area contributed by atoms with Crippen molar-refractivity contribution < 1.29 is 5.11 Å². The first kappa shape index (κ1) is 7.51. The van der Waals surface area contributed by atoms with E-state index in [1.54, 1.807) is 0 Å². The third kappa shape index (κ3) is 2.24. The van der Waals surface area contributed by atoms with Gasteiger partial charge in [0.1, 0.15) is 0 Å². The molecule has 0 radical (unpaired) electrons. The standard InChI is InChI=1S/C6H12BrNO/c7-6-3-5(4-9)1-2-8-6/h5-6,8-9H,1-4H2. The number of rotatable bonds is 1. The number of piperidine rings is 1. The minimum atomic E-state index is 0.337. The average molecular weight is 194 g/mol. The molecule has 9 heavy (non-hydrogen) atoms. The van der Waals surface area contributed by atoms with E-state index in [0.29, 0.717) is 17.5 Å². The van der Waals surface area contributed by atoms with Crippen LogP contribution in [0.15, 0.2) is 0 Å². The predicted molar refractivity (Wildman–Crippen MR) is 40.5 cm³/mol. The molecule has 0 spiro atoms. The third-order valence-electron chi connectivity index (χ3n) is 1.72. The Kier molecular flexibility index (Phi) is 2.95. The van der Waals surface area contributed by atoms with Gasteiger partial charge in [0.05, 0.1) is 4.95 Å². The molecular formula is C6H12BrNO. The van der Waals surface area contributed by atoms with Crippen LogP contribution in [0.3, 0.4) is 0 Å². The van der Waals surface area contributed by atoms with Gasteiger partial charge in [-0.1, -0.05) is 15.9 Å². The van der Waals surface area contributed by atoms with E-state index in [0.717, 1.165) is 19.4 Å². The van der Waals surface area contributed by atoms with Gasteiger partial charge < -0.3 is 10.4 Å². The van der Waals surface area contributed by atoms with Gasteiger partial charge in [-0.05, 0) is 25.3 Å². The molecule has 1 fully saturated rings. The van der Waals surface area contributed by atoms with Gasteiger partial charge in [0, 0.05) is 6.61 Å². The van der Waals surface area contributed by atoms with Crippen LogP contribution < -0.4 is 5.32 Å². The van der Waals surface area contributed by atoms with Crippen molar-refractivity contribution >= 4 is 15.9 Å². The van der Waals surface area contributed by atoms with Crippen molar-refractivity contribution in [2.24, 2.45) is 5.92 Å². The highest BCUT2D eigenvalue weighted by Gasteiger charge is 2.17. The Morgan fingerprint density at radius 3 is 2.89 bits per heavy atom. The maximum absolute atomic E-state index is 8.76. The minimum absolute atomic E-state index is 0.337. The molecule has 1 heterocycles. The molecule has 3 heteroatoms. The Labute approximate surface area is 63.8 Å². The van der Waals surface area contributed by atoms with E-state index < -0.39 is 0 Å². The normalized spacial score (nSPS) is 36.7. The summed E-state index contributed by atoms with van der Waals surface area (Å²) in [4.78, 5) is 0.420. The van der Waals surface area contributed by atoms with Crippen LogP contribution in [0.2, 0.25) is 0 Å². The molecule has 1 aliphatic rings. The minimum Gasteiger partial charge on any atom is -0.396 e. The topological polar surface area (TPSA) is 32.3 Å². The number of aliphatic hydroxyl groups is 1. The lowest BCUT2D eigenvalue weighted by atomic mass is 10.00. The number of aliphatic hydroxyl groups excluding tert-OH is 1. The van der Waals surface area contributed by atoms with Crippen LogP contribution in [-0.4, -0.2) is 23.2 Å². The van der Waals surface area contributed by atoms with Crippen LogP contribution in [0.1, 0.15) is 12.8 Å². The molecule has 54 valence electrons. The number of alkyl halides is 1. The van der Waals surface area contributed by atoms with E-state index in [9.17, 15) is 0 Å². The maximum Gasteiger partial charge on any atom is 0.0634 e. The Morgan fingerprint density at radius 2 is 2.44 bits per heavy atom. The van der Waals surface area contributed by atoms with Crippen molar-refractivity contribution in [2.75, 3.05) is 13.2 Å². The summed E-state index contributed by atoms with van der Waals surface area (Å²) < 4.78 is 0. The van der Waals surface area contributed by atoms with E-state index in [1.807, 2.05) is 0 Å². The zero-order valence-corrected chi connectivity index (χ0v) is 6.89. The number of hydrogen-bond donors (Lipinski definition) is 2. The quantitative estimate of drug-likeness (QED) is 0.475. The van der Waals surface area contributed by atoms with Gasteiger partial charge in [0.25, 0.3) is 0 Å². The number of nitrogens with one attached hydrogen (secondary N) is 1. The predicted octanol–water partition coefficient (Wildman–Crippen LogP) is 0.699. The summed E-state index contributed by atoms with van der Waals surface area (Å²) in [7, 11) is 0. The van der Waals surface area contributed by atoms with Gasteiger partial charge >= 0.3 is 0 Å². The molecule has 2 unspecified atom stereocenters. The second-order valence-corrected chi connectivity index (χ2v) is 3.60. The van der Waals surface area contributed by atoms with E-state index in [2.05, 4.69) is 21.2 Å². The van der Waals surface area contributed by atoms with Crippen LogP contribution >= 0.6 is 15.9 Å². The van der Waals surface area contributed by atoms with Crippen LogP contribution in [0.4, 0.5) is 0 Å². The second-order valence-electron chi connectivity index (χ2n) is 2.49. The van der Waals surface area contributed by atoms with E-state index >= 15 is 0 Å². The zero-order chi connectivity index (χ0) is 6.69. The first-order chi connectivity index (χ1) is 4.33. The molecule has 1 saturated heterocycles. The van der Waals surface area contributed by atoms with Crippen molar-refractivity contribution in [3.8, 4) is 0 Å². The molecule has 2 N–H and O–H groups in total. The third-order valence-corrected chi connectivity index (χ3v) is 2.41. The van der Waals surface area contributed by atoms with E-state index in [4.69, 9.17) is 5.11 Å². The molecule has 1 rings (SSSR count). The molecule has 0 aromatic heterocycles. The lowest BCUT2D eigenvalue weighted by Crippen LogP contribution is -2.34. The molecule has 0 bridgehead atoms. The SMILES string of the molecule is OCC1CCNC(Br)C1. The lowest BCUT2D eigenvalue weighted by molar-refractivity contribution is 0.192. The summed E-state index contributed by atoms with van der Waals surface area (Å²) in [5.41, 5.74) is 0. The van der Waals surface area contributed by atoms with E-state index in [-0.39, 0.29) is 0 Å². The Hall–Kier alpha value is 0.400. The summed E-state index contributed by atoms with van der Waals surface area (Å²) in [6, 6.07) is 0. The Balaban J connectivity index is 2.23. The smallest absolute Gasteiger partial charge is 0.0634 e. The van der Waals surface area contributed by atoms with Crippen LogP contribution in [0.25, 0.3) is 0 Å². The van der Waals surface area contributed by atoms with Gasteiger partial charge in [-0.2, -0.15) is 0 Å². The highest BCUT2D eigenvalue weighted by Crippen LogP contribution is 2.18. The van der Waals surface area contributed by atoms with Crippen LogP contribution in [0.5, 0.6) is 0 Å². The molecule has 0 aromatic carbocycles. The van der Waals surface area contributed by atoms with Crippen molar-refractivity contribution in [1.82, 2.24) is 5.32 Å². The Bertz CT molecular complexity index is 89.1. The van der Waals surface area contributed by atoms with Crippen LogP contribution in [-0.2, 0) is 0 Å². The fourth-order valence-electron chi connectivity index (χ4n) is 1.10. The summed E-state index contributed by atoms with van der Waals surface area (Å²) in [5, 5.41) is 12.0. The van der Waals surface area contributed by atoms with Gasteiger partial charge in [-0.25, -0.2) is 0 Å². The summed E-state index contributed by atoms with van der Waals surface area (Å²) in [6.07, 6.45) is 2.16. The first-order valence-electron chi connectivity index (χ1n) is 3.31. The second kappa shape index (κ2) is 3.54. The van der Waals surface area contributed by atoms with Crippen LogP contribution in [0, 0.1) is 5.92 Å². The molecule has 0 amide bonds. The van der Waals surface area contributed by atoms with Crippen molar-refractivity contribution in [1.29, 1.82) is 0 Å². The molecule has 2 atom stereocenters. The summed E-state index contributed by atoms with van der Waals surface area (Å²) in [5.74, 6) is 0.510. The fraction of sp³-hybridized carbons (Fsp3) is 1.00. The average Bonchev–Trinajstić information content (AvgIpc) is 1.88. The molecule has 0 aromatic rings. The zero-order valence-electron chi connectivity index (χ0n) is 5.31. The Morgan fingerprint density at radius 1 is 1.67 bits per heavy atom. The molecule has 0 saturated carbocycles. The highest BCUT2D eigenvalue weighted by atomic mass is 79.9. The number of hydrogen-bond acceptors (Lipinski definition) is 2. The molecule has 1 aliphatic heterocycles. The lowest BCUT2D eigenvalue weighted by Gasteiger charge is -2.24. The maximum atomic E-state index is 8.76. The van der Waals surface area contributed by atoms with Crippen molar-refractivity contribution in [3.63, 3.8) is 0 Å². The van der Waals surface area contributed by atoms with E-state index in [1.165, 1.54) is 0 Å². The highest BCUT2D eigenvalue weighted by molar-refractivity contribution is 9.09.